The van der Waals surface area contributed by atoms with E-state index in [0.29, 0.717) is 0 Å². The Labute approximate surface area is 126 Å². The molecule has 1 heterocycles. The van der Waals surface area contributed by atoms with Crippen molar-refractivity contribution < 1.29 is 5.11 Å². The van der Waals surface area contributed by atoms with Gasteiger partial charge in [-0.3, -0.25) is 0 Å². The van der Waals surface area contributed by atoms with Crippen molar-refractivity contribution in [1.82, 2.24) is 4.98 Å². The lowest BCUT2D eigenvalue weighted by Gasteiger charge is -2.05. The van der Waals surface area contributed by atoms with Crippen molar-refractivity contribution in [3.05, 3.63) is 71.4 Å². The fourth-order valence-corrected chi connectivity index (χ4v) is 3.53. The highest BCUT2D eigenvalue weighted by molar-refractivity contribution is 7.22. The van der Waals surface area contributed by atoms with Crippen LogP contribution in [0.2, 0.25) is 0 Å². The Morgan fingerprint density at radius 1 is 1.14 bits per heavy atom. The van der Waals surface area contributed by atoms with Crippen molar-refractivity contribution in [3.63, 3.8) is 0 Å². The van der Waals surface area contributed by atoms with E-state index in [9.17, 15) is 5.11 Å². The fourth-order valence-electron chi connectivity index (χ4n) is 2.70. The van der Waals surface area contributed by atoms with Crippen LogP contribution in [0.15, 0.2) is 60.3 Å². The van der Waals surface area contributed by atoms with Crippen LogP contribution in [-0.2, 0) is 6.42 Å². The van der Waals surface area contributed by atoms with Gasteiger partial charge in [0.2, 0.25) is 0 Å². The second kappa shape index (κ2) is 4.98. The Kier molecular flexibility index (Phi) is 2.98. The zero-order valence-corrected chi connectivity index (χ0v) is 12.1. The number of nitrogens with one attached hydrogen (secondary N) is 1. The first-order chi connectivity index (χ1) is 10.3. The third-order valence-electron chi connectivity index (χ3n) is 3.77. The highest BCUT2D eigenvalue weighted by Gasteiger charge is 2.24. The molecule has 0 amide bonds. The molecule has 104 valence electrons. The average molecular weight is 294 g/mol. The van der Waals surface area contributed by atoms with Crippen molar-refractivity contribution >= 4 is 26.7 Å². The molecule has 1 aliphatic carbocycles. The molecule has 1 unspecified atom stereocenters. The molecule has 0 aliphatic heterocycles. The van der Waals surface area contributed by atoms with Gasteiger partial charge in [-0.15, -0.1) is 0 Å². The summed E-state index contributed by atoms with van der Waals surface area (Å²) in [5.74, 6) is 0. The summed E-state index contributed by atoms with van der Waals surface area (Å²) in [6.45, 7) is 0. The summed E-state index contributed by atoms with van der Waals surface area (Å²) in [6.07, 6.45) is 2.17. The number of nitrogens with zero attached hydrogens (tertiary/aromatic N) is 1. The number of anilines is 1. The molecule has 3 aromatic rings. The van der Waals surface area contributed by atoms with Gasteiger partial charge in [-0.2, -0.15) is 0 Å². The molecule has 3 nitrogen and oxygen atoms in total. The summed E-state index contributed by atoms with van der Waals surface area (Å²) in [5, 5.41) is 14.4. The minimum absolute atomic E-state index is 0.511. The van der Waals surface area contributed by atoms with Crippen LogP contribution in [0.5, 0.6) is 0 Å². The molecule has 0 bridgehead atoms. The van der Waals surface area contributed by atoms with Gasteiger partial charge in [-0.05, 0) is 35.3 Å². The molecule has 0 radical (unpaired) electrons. The number of thiazole rings is 1. The van der Waals surface area contributed by atoms with E-state index >= 15 is 0 Å². The maximum absolute atomic E-state index is 10.3. The van der Waals surface area contributed by atoms with E-state index in [2.05, 4.69) is 22.4 Å². The molecule has 4 heteroatoms. The lowest BCUT2D eigenvalue weighted by atomic mass is 10.1. The first kappa shape index (κ1) is 12.6. The van der Waals surface area contributed by atoms with E-state index in [1.807, 2.05) is 42.6 Å². The summed E-state index contributed by atoms with van der Waals surface area (Å²) in [6, 6.07) is 16.1. The molecule has 2 N–H and O–H groups in total. The summed E-state index contributed by atoms with van der Waals surface area (Å²) in [7, 11) is 0. The van der Waals surface area contributed by atoms with Crippen molar-refractivity contribution in [3.8, 4) is 0 Å². The molecule has 21 heavy (non-hydrogen) atoms. The molecule has 0 saturated carbocycles. The van der Waals surface area contributed by atoms with Gasteiger partial charge in [0.05, 0.1) is 10.2 Å². The van der Waals surface area contributed by atoms with Crippen LogP contribution in [0.1, 0.15) is 17.2 Å². The van der Waals surface area contributed by atoms with Gasteiger partial charge in [0.1, 0.15) is 6.10 Å². The standard InChI is InChI=1S/C17H14N2OS/c20-16-12(9-11-5-1-2-6-13(11)16)10-18-17-19-14-7-3-4-8-15(14)21-17/h1-8,10,16,20H,9H2,(H,18,19)/b12-10+. The zero-order chi connectivity index (χ0) is 14.2. The number of para-hydroxylation sites is 1. The Hall–Kier alpha value is -2.17. The monoisotopic (exact) mass is 294 g/mol. The number of benzene rings is 2. The summed E-state index contributed by atoms with van der Waals surface area (Å²) in [5.41, 5.74) is 4.19. The quantitative estimate of drug-likeness (QED) is 0.754. The molecular weight excluding hydrogens is 280 g/mol. The predicted molar refractivity (Wildman–Crippen MR) is 86.4 cm³/mol. The van der Waals surface area contributed by atoms with E-state index in [-0.39, 0.29) is 0 Å². The molecule has 0 saturated heterocycles. The second-order valence-corrected chi connectivity index (χ2v) is 6.16. The third kappa shape index (κ3) is 2.22. The van der Waals surface area contributed by atoms with Crippen molar-refractivity contribution in [2.24, 2.45) is 0 Å². The minimum Gasteiger partial charge on any atom is -0.384 e. The number of aromatic nitrogens is 1. The number of hydrogen-bond acceptors (Lipinski definition) is 4. The molecule has 0 fully saturated rings. The molecule has 4 rings (SSSR count). The zero-order valence-electron chi connectivity index (χ0n) is 11.3. The maximum Gasteiger partial charge on any atom is 0.187 e. The normalized spacial score (nSPS) is 19.1. The van der Waals surface area contributed by atoms with Gasteiger partial charge < -0.3 is 10.4 Å². The van der Waals surface area contributed by atoms with Crippen LogP contribution < -0.4 is 5.32 Å². The third-order valence-corrected chi connectivity index (χ3v) is 4.74. The minimum atomic E-state index is -0.511. The number of hydrogen-bond donors (Lipinski definition) is 2. The van der Waals surface area contributed by atoms with Crippen LogP contribution in [0.3, 0.4) is 0 Å². The Morgan fingerprint density at radius 3 is 2.81 bits per heavy atom. The first-order valence-electron chi connectivity index (χ1n) is 6.88. The van der Waals surface area contributed by atoms with E-state index < -0.39 is 6.10 Å². The van der Waals surface area contributed by atoms with Crippen LogP contribution in [-0.4, -0.2) is 10.1 Å². The van der Waals surface area contributed by atoms with Crippen LogP contribution in [0, 0.1) is 0 Å². The Balaban J connectivity index is 1.59. The molecule has 1 aromatic heterocycles. The van der Waals surface area contributed by atoms with Gasteiger partial charge in [0.15, 0.2) is 5.13 Å². The van der Waals surface area contributed by atoms with Crippen molar-refractivity contribution in [2.45, 2.75) is 12.5 Å². The number of aliphatic hydroxyl groups excluding tert-OH is 1. The van der Waals surface area contributed by atoms with Gasteiger partial charge in [-0.1, -0.05) is 47.7 Å². The summed E-state index contributed by atoms with van der Waals surface area (Å²) in [4.78, 5) is 4.53. The molecule has 1 atom stereocenters. The van der Waals surface area contributed by atoms with E-state index in [4.69, 9.17) is 0 Å². The largest absolute Gasteiger partial charge is 0.384 e. The van der Waals surface area contributed by atoms with Crippen LogP contribution in [0.4, 0.5) is 5.13 Å². The molecule has 0 spiro atoms. The van der Waals surface area contributed by atoms with Gasteiger partial charge in [0, 0.05) is 6.20 Å². The summed E-state index contributed by atoms with van der Waals surface area (Å²) >= 11 is 1.62. The van der Waals surface area contributed by atoms with E-state index in [1.165, 1.54) is 5.56 Å². The fraction of sp³-hybridized carbons (Fsp3) is 0.118. The molecular formula is C17H14N2OS. The van der Waals surface area contributed by atoms with Crippen LogP contribution in [0.25, 0.3) is 10.2 Å². The lowest BCUT2D eigenvalue weighted by Crippen LogP contribution is -1.97. The van der Waals surface area contributed by atoms with Gasteiger partial charge in [0.25, 0.3) is 0 Å². The number of aliphatic hydroxyl groups is 1. The van der Waals surface area contributed by atoms with Crippen molar-refractivity contribution in [2.75, 3.05) is 5.32 Å². The topological polar surface area (TPSA) is 45.1 Å². The average Bonchev–Trinajstić information content (AvgIpc) is 3.07. The van der Waals surface area contributed by atoms with Gasteiger partial charge in [-0.25, -0.2) is 4.98 Å². The van der Waals surface area contributed by atoms with Gasteiger partial charge >= 0.3 is 0 Å². The predicted octanol–water partition coefficient (Wildman–Crippen LogP) is 3.88. The van der Waals surface area contributed by atoms with Crippen LogP contribution >= 0.6 is 11.3 Å². The Morgan fingerprint density at radius 2 is 1.95 bits per heavy atom. The maximum atomic E-state index is 10.3. The highest BCUT2D eigenvalue weighted by atomic mass is 32.1. The van der Waals surface area contributed by atoms with E-state index in [1.54, 1.807) is 11.3 Å². The smallest absolute Gasteiger partial charge is 0.187 e. The number of fused-ring (bicyclic) bond motifs is 2. The SMILES string of the molecule is OC1/C(=C/Nc2nc3ccccc3s2)Cc2ccccc21. The molecule has 2 aromatic carbocycles. The number of rotatable bonds is 2. The first-order valence-corrected chi connectivity index (χ1v) is 7.70. The lowest BCUT2D eigenvalue weighted by molar-refractivity contribution is 0.221. The molecule has 1 aliphatic rings. The van der Waals surface area contributed by atoms with E-state index in [0.717, 1.165) is 32.9 Å². The summed E-state index contributed by atoms with van der Waals surface area (Å²) < 4.78 is 1.16. The second-order valence-electron chi connectivity index (χ2n) is 5.13. The Bertz CT molecular complexity index is 804. The van der Waals surface area contributed by atoms with Crippen molar-refractivity contribution in [1.29, 1.82) is 0 Å². The highest BCUT2D eigenvalue weighted by Crippen LogP contribution is 2.35.